The van der Waals surface area contributed by atoms with E-state index in [2.05, 4.69) is 21.3 Å². The van der Waals surface area contributed by atoms with Crippen LogP contribution in [0.5, 0.6) is 11.5 Å². The second-order valence-corrected chi connectivity index (χ2v) is 12.9. The number of nitrogens with one attached hydrogen (secondary N) is 2. The zero-order valence-electron chi connectivity index (χ0n) is 29.7. The molecule has 0 radical (unpaired) electrons. The van der Waals surface area contributed by atoms with E-state index < -0.39 is 17.3 Å². The van der Waals surface area contributed by atoms with Crippen LogP contribution in [0.4, 0.5) is 10.2 Å². The Morgan fingerprint density at radius 3 is 2.41 bits per heavy atom. The summed E-state index contributed by atoms with van der Waals surface area (Å²) < 4.78 is 20.7. The second kappa shape index (κ2) is 18.9. The highest BCUT2D eigenvalue weighted by Gasteiger charge is 2.26. The van der Waals surface area contributed by atoms with E-state index in [-0.39, 0.29) is 42.6 Å². The molecular weight excluding hydrogens is 697 g/mol. The van der Waals surface area contributed by atoms with Crippen molar-refractivity contribution in [2.45, 2.75) is 51.3 Å². The molecule has 1 aliphatic rings. The zero-order chi connectivity index (χ0) is 39.3. The molecule has 15 heteroatoms. The average molecular weight is 738 g/mol. The third kappa shape index (κ3) is 10.8. The van der Waals surface area contributed by atoms with E-state index in [0.29, 0.717) is 59.0 Å². The number of nitrogens with zero attached hydrogens (tertiary/aromatic N) is 5. The van der Waals surface area contributed by atoms with E-state index in [1.807, 2.05) is 12.1 Å². The van der Waals surface area contributed by atoms with E-state index in [4.69, 9.17) is 24.8 Å². The third-order valence-electron chi connectivity index (χ3n) is 8.39. The minimum atomic E-state index is -1.11. The molecule has 6 N–H and O–H groups in total. The lowest BCUT2D eigenvalue weighted by molar-refractivity contribution is -0.124. The predicted molar refractivity (Wildman–Crippen MR) is 197 cm³/mol. The highest BCUT2D eigenvalue weighted by Crippen LogP contribution is 2.42. The number of carbonyl (C=O) groups excluding carboxylic acids is 1. The molecule has 280 valence electrons. The van der Waals surface area contributed by atoms with Gasteiger partial charge in [-0.2, -0.15) is 10.5 Å². The molecule has 54 heavy (non-hydrogen) atoms. The molecule has 1 fully saturated rings. The van der Waals surface area contributed by atoms with Crippen molar-refractivity contribution in [3.63, 3.8) is 0 Å². The number of aromatic hydroxyl groups is 1. The maximum absolute atomic E-state index is 15.0. The molecule has 2 aromatic heterocycles. The smallest absolute Gasteiger partial charge is 0.290 e. The molecule has 1 saturated heterocycles. The van der Waals surface area contributed by atoms with Gasteiger partial charge in [-0.25, -0.2) is 14.9 Å². The van der Waals surface area contributed by atoms with Gasteiger partial charge in [-0.05, 0) is 85.4 Å². The molecule has 2 aromatic carbocycles. The number of hydrogen-bond donors (Lipinski definition) is 6. The first-order valence-corrected chi connectivity index (χ1v) is 16.8. The van der Waals surface area contributed by atoms with Gasteiger partial charge in [0.1, 0.15) is 24.3 Å². The highest BCUT2D eigenvalue weighted by molar-refractivity contribution is 5.90. The van der Waals surface area contributed by atoms with Crippen LogP contribution in [0.2, 0.25) is 0 Å². The number of piperidine rings is 1. The van der Waals surface area contributed by atoms with Gasteiger partial charge >= 0.3 is 0 Å². The van der Waals surface area contributed by atoms with Crippen molar-refractivity contribution in [1.29, 1.82) is 10.5 Å². The van der Waals surface area contributed by atoms with Gasteiger partial charge in [0.05, 0.1) is 29.3 Å². The Hall–Kier alpha value is -6.39. The number of ether oxygens (including phenoxy) is 1. The maximum Gasteiger partial charge on any atom is 0.290 e. The SMILES string of the molecule is CC(C)(O)COc1ccc(-c2cnc(N3CCC(NCc4ccc(/C=C/C(=O)NO)nc4)CC3)c(CC#N)c2-c2ccc(C#N)c(F)c2)cc1O.O=CO. The van der Waals surface area contributed by atoms with Crippen LogP contribution < -0.4 is 20.4 Å². The lowest BCUT2D eigenvalue weighted by Crippen LogP contribution is -2.43. The number of nitriles is 2. The van der Waals surface area contributed by atoms with Crippen molar-refractivity contribution in [3.8, 4) is 45.9 Å². The van der Waals surface area contributed by atoms with Crippen LogP contribution in [0.25, 0.3) is 28.3 Å². The molecule has 0 spiro atoms. The van der Waals surface area contributed by atoms with Crippen molar-refractivity contribution in [2.24, 2.45) is 0 Å². The van der Waals surface area contributed by atoms with E-state index in [0.717, 1.165) is 18.4 Å². The summed E-state index contributed by atoms with van der Waals surface area (Å²) >= 11 is 0. The van der Waals surface area contributed by atoms with Gasteiger partial charge in [-0.15, -0.1) is 0 Å². The summed E-state index contributed by atoms with van der Waals surface area (Å²) in [7, 11) is 0. The quantitative estimate of drug-likeness (QED) is 0.0502. The summed E-state index contributed by atoms with van der Waals surface area (Å²) in [6.07, 6.45) is 7.62. The summed E-state index contributed by atoms with van der Waals surface area (Å²) in [4.78, 5) is 30.8. The summed E-state index contributed by atoms with van der Waals surface area (Å²) in [5.41, 5.74) is 4.61. The summed E-state index contributed by atoms with van der Waals surface area (Å²) in [6.45, 7) is 4.78. The fraction of sp³-hybridized carbons (Fsp3) is 0.282. The van der Waals surface area contributed by atoms with Crippen molar-refractivity contribution in [1.82, 2.24) is 20.8 Å². The second-order valence-electron chi connectivity index (χ2n) is 12.9. The van der Waals surface area contributed by atoms with Gasteiger partial charge in [0.15, 0.2) is 11.5 Å². The Labute approximate surface area is 311 Å². The van der Waals surface area contributed by atoms with Gasteiger partial charge in [0.2, 0.25) is 0 Å². The molecule has 0 atom stereocenters. The first-order valence-electron chi connectivity index (χ1n) is 16.8. The number of halogens is 1. The van der Waals surface area contributed by atoms with Gasteiger partial charge in [0, 0.05) is 55.3 Å². The first kappa shape index (κ1) is 40.4. The number of anilines is 1. The number of hydroxylamine groups is 1. The van der Waals surface area contributed by atoms with E-state index in [1.165, 1.54) is 35.8 Å². The Balaban J connectivity index is 0.00000209. The van der Waals surface area contributed by atoms with E-state index in [9.17, 15) is 25.5 Å². The lowest BCUT2D eigenvalue weighted by Gasteiger charge is -2.35. The highest BCUT2D eigenvalue weighted by atomic mass is 19.1. The predicted octanol–water partition coefficient (Wildman–Crippen LogP) is 4.72. The molecule has 0 bridgehead atoms. The lowest BCUT2D eigenvalue weighted by atomic mass is 9.89. The van der Waals surface area contributed by atoms with Crippen LogP contribution in [-0.2, 0) is 22.6 Å². The average Bonchev–Trinajstić information content (AvgIpc) is 3.16. The largest absolute Gasteiger partial charge is 0.504 e. The van der Waals surface area contributed by atoms with Crippen molar-refractivity contribution in [2.75, 3.05) is 24.6 Å². The van der Waals surface area contributed by atoms with Gasteiger partial charge in [-0.1, -0.05) is 18.2 Å². The number of hydrogen-bond acceptors (Lipinski definition) is 12. The normalized spacial score (nSPS) is 13.0. The Morgan fingerprint density at radius 1 is 1.09 bits per heavy atom. The molecule has 4 aromatic rings. The molecule has 3 heterocycles. The fourth-order valence-corrected chi connectivity index (χ4v) is 5.83. The monoisotopic (exact) mass is 737 g/mol. The fourth-order valence-electron chi connectivity index (χ4n) is 5.83. The van der Waals surface area contributed by atoms with Crippen LogP contribution >= 0.6 is 0 Å². The van der Waals surface area contributed by atoms with Crippen LogP contribution in [-0.4, -0.2) is 74.2 Å². The number of amides is 1. The summed E-state index contributed by atoms with van der Waals surface area (Å²) in [5.74, 6) is -0.705. The number of benzene rings is 2. The van der Waals surface area contributed by atoms with Gasteiger partial charge in [0.25, 0.3) is 12.4 Å². The number of phenols is 1. The van der Waals surface area contributed by atoms with Gasteiger partial charge < -0.3 is 30.3 Å². The number of pyridine rings is 2. The maximum atomic E-state index is 15.0. The third-order valence-corrected chi connectivity index (χ3v) is 8.39. The summed E-state index contributed by atoms with van der Waals surface area (Å²) in [5, 5.41) is 59.3. The van der Waals surface area contributed by atoms with E-state index in [1.54, 1.807) is 50.5 Å². The molecule has 0 saturated carbocycles. The van der Waals surface area contributed by atoms with Crippen LogP contribution in [0.15, 0.2) is 67.0 Å². The van der Waals surface area contributed by atoms with Crippen molar-refractivity contribution in [3.05, 3.63) is 95.2 Å². The van der Waals surface area contributed by atoms with Crippen LogP contribution in [0, 0.1) is 28.5 Å². The molecule has 14 nitrogen and oxygen atoms in total. The van der Waals surface area contributed by atoms with Crippen LogP contribution in [0.3, 0.4) is 0 Å². The minimum Gasteiger partial charge on any atom is -0.504 e. The number of aromatic nitrogens is 2. The molecular formula is C39H40FN7O7. The Kier molecular flexibility index (Phi) is 14.1. The summed E-state index contributed by atoms with van der Waals surface area (Å²) in [6, 6.07) is 17.1. The zero-order valence-corrected chi connectivity index (χ0v) is 29.7. The van der Waals surface area contributed by atoms with Gasteiger partial charge in [-0.3, -0.25) is 19.8 Å². The first-order chi connectivity index (χ1) is 25.9. The van der Waals surface area contributed by atoms with Crippen molar-refractivity contribution < 1.29 is 39.2 Å². The number of carbonyl (C=O) groups is 2. The Bertz CT molecular complexity index is 2050. The molecule has 0 aliphatic carbocycles. The minimum absolute atomic E-state index is 0.0209. The molecule has 1 aliphatic heterocycles. The number of rotatable bonds is 12. The van der Waals surface area contributed by atoms with E-state index >= 15 is 4.39 Å². The number of aliphatic hydroxyl groups is 1. The van der Waals surface area contributed by atoms with Crippen LogP contribution in [0.1, 0.15) is 49.1 Å². The number of carboxylic acid groups (broad SMARTS) is 1. The Morgan fingerprint density at radius 2 is 1.81 bits per heavy atom. The molecule has 1 amide bonds. The van der Waals surface area contributed by atoms with Crippen molar-refractivity contribution >= 4 is 24.3 Å². The molecule has 5 rings (SSSR count). The number of phenolic OH excluding ortho intramolecular Hbond substituents is 1. The standard InChI is InChI=1S/C38H38FN7O5.CH2O2/c1-38(2,49)23-51-34-9-6-25(18-33(34)47)31-22-44-37(30(11-14-40)36(31)26-4-5-27(19-41)32(39)17-26)46-15-12-29(13-16-46)43-21-24-3-7-28(42-20-24)8-10-35(48)45-50;2-1-3/h3-10,17-18,20,22,29,43,47,49-50H,11-13,15-16,21,23H2,1-2H3,(H,45,48);1H,(H,2,3)/b10-8+;. The topological polar surface area (TPSA) is 225 Å². The molecule has 0 unspecified atom stereocenters.